The fraction of sp³-hybridized carbons (Fsp3) is 0.214. The number of aromatic amines is 1. The van der Waals surface area contributed by atoms with Crippen molar-refractivity contribution in [1.82, 2.24) is 4.98 Å². The van der Waals surface area contributed by atoms with Gasteiger partial charge in [0.05, 0.1) is 0 Å². The van der Waals surface area contributed by atoms with Crippen LogP contribution < -0.4 is 11.3 Å². The Hall–Kier alpha value is -1.94. The monoisotopic (exact) mass is 246 g/mol. The van der Waals surface area contributed by atoms with E-state index in [9.17, 15) is 9.18 Å². The number of pyridine rings is 1. The van der Waals surface area contributed by atoms with Crippen molar-refractivity contribution < 1.29 is 4.39 Å². The number of halogens is 1. The fourth-order valence-electron chi connectivity index (χ4n) is 1.78. The molecule has 0 spiro atoms. The van der Waals surface area contributed by atoms with E-state index in [4.69, 9.17) is 5.73 Å². The molecule has 1 atom stereocenters. The van der Waals surface area contributed by atoms with Crippen molar-refractivity contribution in [2.75, 3.05) is 6.67 Å². The molecule has 2 rings (SSSR count). The number of H-pyrrole nitrogens is 1. The Morgan fingerprint density at radius 1 is 1.11 bits per heavy atom. The molecule has 1 heterocycles. The molecule has 1 aromatic heterocycles. The van der Waals surface area contributed by atoms with Crippen LogP contribution in [0.15, 0.2) is 47.4 Å². The highest BCUT2D eigenvalue weighted by Crippen LogP contribution is 2.18. The molecular formula is C14H15FN2O. The lowest BCUT2D eigenvalue weighted by atomic mass is 10.0. The van der Waals surface area contributed by atoms with E-state index in [0.29, 0.717) is 6.42 Å². The molecule has 1 aromatic carbocycles. The highest BCUT2D eigenvalue weighted by Gasteiger charge is 2.03. The van der Waals surface area contributed by atoms with Gasteiger partial charge >= 0.3 is 0 Å². The maximum atomic E-state index is 12.3. The van der Waals surface area contributed by atoms with Gasteiger partial charge in [-0.05, 0) is 29.2 Å². The molecule has 2 aromatic rings. The molecule has 3 nitrogen and oxygen atoms in total. The number of rotatable bonds is 4. The van der Waals surface area contributed by atoms with Gasteiger partial charge in [0.15, 0.2) is 0 Å². The summed E-state index contributed by atoms with van der Waals surface area (Å²) in [6, 6.07) is 10.5. The molecule has 0 aliphatic rings. The minimum absolute atomic E-state index is 0.121. The van der Waals surface area contributed by atoms with Crippen LogP contribution in [0.25, 0.3) is 11.1 Å². The smallest absolute Gasteiger partial charge is 0.247 e. The summed E-state index contributed by atoms with van der Waals surface area (Å²) < 4.78 is 12.3. The Balaban J connectivity index is 2.17. The van der Waals surface area contributed by atoms with Crippen LogP contribution in [0.2, 0.25) is 0 Å². The van der Waals surface area contributed by atoms with Crippen molar-refractivity contribution >= 4 is 0 Å². The van der Waals surface area contributed by atoms with Crippen LogP contribution in [-0.2, 0) is 6.42 Å². The summed E-state index contributed by atoms with van der Waals surface area (Å²) in [5.74, 6) is 0. The van der Waals surface area contributed by atoms with E-state index in [2.05, 4.69) is 4.98 Å². The van der Waals surface area contributed by atoms with Crippen LogP contribution in [0.1, 0.15) is 5.56 Å². The SMILES string of the molecule is NC(CF)Cc1ccc(-c2ccc(=O)[nH]c2)cc1. The molecule has 0 amide bonds. The molecule has 18 heavy (non-hydrogen) atoms. The van der Waals surface area contributed by atoms with Crippen LogP contribution in [0.5, 0.6) is 0 Å². The van der Waals surface area contributed by atoms with E-state index in [-0.39, 0.29) is 5.56 Å². The van der Waals surface area contributed by atoms with E-state index in [1.54, 1.807) is 12.3 Å². The first-order chi connectivity index (χ1) is 8.69. The molecule has 3 N–H and O–H groups in total. The third-order valence-electron chi connectivity index (χ3n) is 2.77. The van der Waals surface area contributed by atoms with Crippen LogP contribution in [0.4, 0.5) is 4.39 Å². The van der Waals surface area contributed by atoms with Crippen LogP contribution in [0, 0.1) is 0 Å². The summed E-state index contributed by atoms with van der Waals surface area (Å²) in [6.07, 6.45) is 2.20. The molecule has 0 aliphatic heterocycles. The summed E-state index contributed by atoms with van der Waals surface area (Å²) >= 11 is 0. The maximum absolute atomic E-state index is 12.3. The Kier molecular flexibility index (Phi) is 3.89. The van der Waals surface area contributed by atoms with E-state index in [1.165, 1.54) is 6.07 Å². The minimum Gasteiger partial charge on any atom is -0.328 e. The quantitative estimate of drug-likeness (QED) is 0.865. The number of hydrogen-bond donors (Lipinski definition) is 2. The number of hydrogen-bond acceptors (Lipinski definition) is 2. The molecule has 1 unspecified atom stereocenters. The third kappa shape index (κ3) is 3.05. The number of benzene rings is 1. The summed E-state index contributed by atoms with van der Waals surface area (Å²) in [5.41, 5.74) is 8.39. The van der Waals surface area contributed by atoms with Gasteiger partial charge in [-0.3, -0.25) is 4.79 Å². The first-order valence-corrected chi connectivity index (χ1v) is 5.78. The maximum Gasteiger partial charge on any atom is 0.247 e. The van der Waals surface area contributed by atoms with Crippen molar-refractivity contribution in [3.63, 3.8) is 0 Å². The zero-order chi connectivity index (χ0) is 13.0. The van der Waals surface area contributed by atoms with Gasteiger partial charge in [0, 0.05) is 18.3 Å². The number of nitrogens with two attached hydrogens (primary N) is 1. The zero-order valence-electron chi connectivity index (χ0n) is 9.90. The molecule has 4 heteroatoms. The Morgan fingerprint density at radius 3 is 2.33 bits per heavy atom. The van der Waals surface area contributed by atoms with Crippen molar-refractivity contribution in [2.24, 2.45) is 5.73 Å². The summed E-state index contributed by atoms with van der Waals surface area (Å²) in [5, 5.41) is 0. The van der Waals surface area contributed by atoms with Crippen molar-refractivity contribution in [3.8, 4) is 11.1 Å². The molecule has 0 aliphatic carbocycles. The normalized spacial score (nSPS) is 12.3. The van der Waals surface area contributed by atoms with Gasteiger partial charge in [-0.1, -0.05) is 24.3 Å². The average molecular weight is 246 g/mol. The van der Waals surface area contributed by atoms with Crippen LogP contribution in [0.3, 0.4) is 0 Å². The lowest BCUT2D eigenvalue weighted by Gasteiger charge is -2.08. The number of alkyl halides is 1. The van der Waals surface area contributed by atoms with E-state index in [1.807, 2.05) is 24.3 Å². The molecule has 0 saturated carbocycles. The first-order valence-electron chi connectivity index (χ1n) is 5.78. The van der Waals surface area contributed by atoms with Gasteiger partial charge in [-0.15, -0.1) is 0 Å². The highest BCUT2D eigenvalue weighted by atomic mass is 19.1. The van der Waals surface area contributed by atoms with E-state index >= 15 is 0 Å². The second-order valence-electron chi connectivity index (χ2n) is 4.26. The largest absolute Gasteiger partial charge is 0.328 e. The second kappa shape index (κ2) is 5.60. The molecular weight excluding hydrogens is 231 g/mol. The standard InChI is InChI=1S/C14H15FN2O/c15-8-13(16)7-10-1-3-11(4-2-10)12-5-6-14(18)17-9-12/h1-6,9,13H,7-8,16H2,(H,17,18). The van der Waals surface area contributed by atoms with Crippen LogP contribution in [-0.4, -0.2) is 17.7 Å². The number of nitrogens with one attached hydrogen (secondary N) is 1. The van der Waals surface area contributed by atoms with Gasteiger partial charge in [0.1, 0.15) is 6.67 Å². The Labute approximate surface area is 104 Å². The summed E-state index contributed by atoms with van der Waals surface area (Å²) in [7, 11) is 0. The van der Waals surface area contributed by atoms with Gasteiger partial charge in [0.2, 0.25) is 5.56 Å². The average Bonchev–Trinajstić information content (AvgIpc) is 2.40. The Bertz CT molecular complexity index is 542. The topological polar surface area (TPSA) is 58.9 Å². The van der Waals surface area contributed by atoms with E-state index < -0.39 is 12.7 Å². The number of aromatic nitrogens is 1. The zero-order valence-corrected chi connectivity index (χ0v) is 9.90. The molecule has 94 valence electrons. The third-order valence-corrected chi connectivity index (χ3v) is 2.77. The van der Waals surface area contributed by atoms with Gasteiger partial charge in [-0.25, -0.2) is 4.39 Å². The lowest BCUT2D eigenvalue weighted by Crippen LogP contribution is -2.24. The predicted octanol–water partition coefficient (Wildman–Crippen LogP) is 1.88. The predicted molar refractivity (Wildman–Crippen MR) is 70.2 cm³/mol. The lowest BCUT2D eigenvalue weighted by molar-refractivity contribution is 0.427. The highest BCUT2D eigenvalue weighted by molar-refractivity contribution is 5.62. The first kappa shape index (κ1) is 12.5. The van der Waals surface area contributed by atoms with Gasteiger partial charge in [0.25, 0.3) is 0 Å². The minimum atomic E-state index is -0.512. The van der Waals surface area contributed by atoms with Gasteiger partial charge in [-0.2, -0.15) is 0 Å². The molecule has 0 fully saturated rings. The van der Waals surface area contributed by atoms with Crippen molar-refractivity contribution in [3.05, 3.63) is 58.5 Å². The fourth-order valence-corrected chi connectivity index (χ4v) is 1.78. The van der Waals surface area contributed by atoms with E-state index in [0.717, 1.165) is 16.7 Å². The summed E-state index contributed by atoms with van der Waals surface area (Å²) in [6.45, 7) is -0.512. The van der Waals surface area contributed by atoms with Gasteiger partial charge < -0.3 is 10.7 Å². The molecule has 0 saturated heterocycles. The molecule has 0 bridgehead atoms. The van der Waals surface area contributed by atoms with Crippen molar-refractivity contribution in [2.45, 2.75) is 12.5 Å². The van der Waals surface area contributed by atoms with Crippen molar-refractivity contribution in [1.29, 1.82) is 0 Å². The second-order valence-corrected chi connectivity index (χ2v) is 4.26. The Morgan fingerprint density at radius 2 is 1.78 bits per heavy atom. The summed E-state index contributed by atoms with van der Waals surface area (Å²) in [4.78, 5) is 13.6. The molecule has 0 radical (unpaired) electrons. The van der Waals surface area contributed by atoms with Crippen LogP contribution >= 0.6 is 0 Å².